The summed E-state index contributed by atoms with van der Waals surface area (Å²) in [6.07, 6.45) is 3.59. The van der Waals surface area contributed by atoms with E-state index in [1.165, 1.54) is 0 Å². The van der Waals surface area contributed by atoms with E-state index < -0.39 is 29.7 Å². The van der Waals surface area contributed by atoms with E-state index in [4.69, 9.17) is 11.6 Å². The number of amides is 5. The number of nitrogens with zero attached hydrogens (tertiary/aromatic N) is 7. The van der Waals surface area contributed by atoms with Crippen LogP contribution in [-0.2, 0) is 9.59 Å². The van der Waals surface area contributed by atoms with Crippen molar-refractivity contribution in [3.8, 4) is 6.07 Å². The molecule has 6 aliphatic heterocycles. The Kier molecular flexibility index (Phi) is 9.68. The smallest absolute Gasteiger partial charge is 0.262 e. The summed E-state index contributed by atoms with van der Waals surface area (Å²) in [5.74, 6) is -1.94. The zero-order valence-electron chi connectivity index (χ0n) is 32.7. The molecule has 0 radical (unpaired) electrons. The summed E-state index contributed by atoms with van der Waals surface area (Å²) in [7, 11) is 0. The van der Waals surface area contributed by atoms with Gasteiger partial charge in [0.1, 0.15) is 12.1 Å². The molecule has 6 heterocycles. The SMILES string of the molecule is CC1(CN2CCN(C(=O)c3ccc(N4CCC5(CC4)CCN(c4ccc(C#N)c(Cl)c4)C5)cc3)CC2)CN(c2ccc3c(c2)C(=O)N(C2CCC(=O)NC2=O)C3=O)C1. The van der Waals surface area contributed by atoms with Crippen LogP contribution in [0, 0.1) is 22.2 Å². The Morgan fingerprint density at radius 2 is 1.41 bits per heavy atom. The van der Waals surface area contributed by atoms with Crippen LogP contribution in [0.15, 0.2) is 60.7 Å². The Morgan fingerprint density at radius 1 is 0.776 bits per heavy atom. The zero-order valence-corrected chi connectivity index (χ0v) is 33.5. The van der Waals surface area contributed by atoms with E-state index >= 15 is 0 Å². The van der Waals surface area contributed by atoms with Gasteiger partial charge < -0.3 is 19.6 Å². The largest absolute Gasteiger partial charge is 0.371 e. The van der Waals surface area contributed by atoms with Gasteiger partial charge in [-0.05, 0) is 91.8 Å². The number of halogens is 1. The lowest BCUT2D eigenvalue weighted by Gasteiger charge is -2.52. The first-order valence-corrected chi connectivity index (χ1v) is 20.7. The summed E-state index contributed by atoms with van der Waals surface area (Å²) < 4.78 is 0. The van der Waals surface area contributed by atoms with Crippen LogP contribution in [0.25, 0.3) is 0 Å². The Hall–Kier alpha value is -5.45. The minimum absolute atomic E-state index is 0.0319. The fourth-order valence-corrected chi connectivity index (χ4v) is 10.3. The van der Waals surface area contributed by atoms with Crippen molar-refractivity contribution in [1.82, 2.24) is 20.0 Å². The molecule has 9 rings (SSSR count). The second-order valence-corrected chi connectivity index (χ2v) is 17.8. The number of fused-ring (bicyclic) bond motifs is 1. The summed E-state index contributed by atoms with van der Waals surface area (Å²) in [5.41, 5.74) is 5.21. The van der Waals surface area contributed by atoms with Gasteiger partial charge in [0, 0.05) is 106 Å². The molecular formula is C44H47ClN8O5. The molecule has 13 nitrogen and oxygen atoms in total. The fraction of sp³-hybridized carbons (Fsp3) is 0.455. The van der Waals surface area contributed by atoms with E-state index in [1.807, 2.05) is 41.3 Å². The van der Waals surface area contributed by atoms with Gasteiger partial charge in [-0.25, -0.2) is 0 Å². The van der Waals surface area contributed by atoms with Gasteiger partial charge in [-0.2, -0.15) is 5.26 Å². The lowest BCUT2D eigenvalue weighted by Crippen LogP contribution is -2.61. The first kappa shape index (κ1) is 38.1. The fourth-order valence-electron chi connectivity index (χ4n) is 10.1. The van der Waals surface area contributed by atoms with Crippen LogP contribution in [0.5, 0.6) is 0 Å². The van der Waals surface area contributed by atoms with Crippen LogP contribution in [0.1, 0.15) is 75.7 Å². The van der Waals surface area contributed by atoms with Gasteiger partial charge in [-0.15, -0.1) is 0 Å². The Labute approximate surface area is 343 Å². The number of hydrogen-bond acceptors (Lipinski definition) is 10. The van der Waals surface area contributed by atoms with Gasteiger partial charge >= 0.3 is 0 Å². The number of piperidine rings is 2. The maximum absolute atomic E-state index is 13.6. The summed E-state index contributed by atoms with van der Waals surface area (Å²) >= 11 is 6.33. The molecule has 3 aromatic carbocycles. The number of carbonyl (C=O) groups excluding carboxylic acids is 5. The average Bonchev–Trinajstić information content (AvgIpc) is 3.74. The van der Waals surface area contributed by atoms with Crippen molar-refractivity contribution in [2.45, 2.75) is 45.1 Å². The van der Waals surface area contributed by atoms with Crippen molar-refractivity contribution >= 4 is 58.2 Å². The summed E-state index contributed by atoms with van der Waals surface area (Å²) in [6.45, 7) is 11.6. The molecule has 5 saturated heterocycles. The third-order valence-corrected chi connectivity index (χ3v) is 13.7. The second-order valence-electron chi connectivity index (χ2n) is 17.4. The van der Waals surface area contributed by atoms with Gasteiger partial charge in [-0.3, -0.25) is 39.1 Å². The molecule has 5 amide bonds. The molecule has 3 aromatic rings. The van der Waals surface area contributed by atoms with Crippen molar-refractivity contribution < 1.29 is 24.0 Å². The van der Waals surface area contributed by atoms with Crippen molar-refractivity contribution in [1.29, 1.82) is 5.26 Å². The third kappa shape index (κ3) is 6.96. The molecule has 0 aliphatic carbocycles. The highest BCUT2D eigenvalue weighted by Crippen LogP contribution is 2.43. The molecule has 5 fully saturated rings. The van der Waals surface area contributed by atoms with Crippen LogP contribution < -0.4 is 20.0 Å². The number of piperazine rings is 1. The van der Waals surface area contributed by atoms with Gasteiger partial charge in [0.05, 0.1) is 21.7 Å². The Morgan fingerprint density at radius 3 is 2.09 bits per heavy atom. The van der Waals surface area contributed by atoms with E-state index in [9.17, 15) is 29.2 Å². The molecule has 58 heavy (non-hydrogen) atoms. The molecular weight excluding hydrogens is 756 g/mol. The number of hydrogen-bond donors (Lipinski definition) is 1. The predicted molar refractivity (Wildman–Crippen MR) is 219 cm³/mol. The van der Waals surface area contributed by atoms with Gasteiger partial charge in [-0.1, -0.05) is 18.5 Å². The highest BCUT2D eigenvalue weighted by Gasteiger charge is 2.46. The Balaban J connectivity index is 0.729. The lowest BCUT2D eigenvalue weighted by molar-refractivity contribution is -0.136. The minimum Gasteiger partial charge on any atom is -0.371 e. The first-order valence-electron chi connectivity index (χ1n) is 20.3. The minimum atomic E-state index is -0.981. The van der Waals surface area contributed by atoms with E-state index in [2.05, 4.69) is 50.0 Å². The van der Waals surface area contributed by atoms with Crippen molar-refractivity contribution in [2.24, 2.45) is 10.8 Å². The van der Waals surface area contributed by atoms with Crippen molar-refractivity contribution in [3.05, 3.63) is 87.9 Å². The van der Waals surface area contributed by atoms with Crippen LogP contribution in [-0.4, -0.2) is 122 Å². The molecule has 0 aromatic heterocycles. The average molecular weight is 803 g/mol. The zero-order chi connectivity index (χ0) is 40.3. The molecule has 1 spiro atoms. The molecule has 1 N–H and O–H groups in total. The molecule has 1 unspecified atom stereocenters. The van der Waals surface area contributed by atoms with Gasteiger partial charge in [0.25, 0.3) is 17.7 Å². The van der Waals surface area contributed by atoms with Crippen molar-refractivity contribution in [3.63, 3.8) is 0 Å². The normalized spacial score (nSPS) is 22.9. The molecule has 6 aliphatic rings. The van der Waals surface area contributed by atoms with Crippen LogP contribution in [0.3, 0.4) is 0 Å². The standard InChI is InChI=1S/C44H47ClN8O5/c1-43(26-52(27-43)32-8-9-34-35(22-32)42(58)53(41(34)57)37-10-11-38(54)47-39(37)55)25-48-18-20-50(21-19-48)40(56)29-2-5-31(6-3-29)49-15-12-44(13-16-49)14-17-51(28-44)33-7-4-30(24-46)36(45)23-33/h2-9,22-23,37H,10-21,25-28H2,1H3,(H,47,54,55). The van der Waals surface area contributed by atoms with E-state index in [-0.39, 0.29) is 35.1 Å². The molecule has 300 valence electrons. The van der Waals surface area contributed by atoms with Crippen LogP contribution in [0.2, 0.25) is 5.02 Å². The van der Waals surface area contributed by atoms with Gasteiger partial charge in [0.15, 0.2) is 0 Å². The number of carbonyl (C=O) groups is 5. The summed E-state index contributed by atoms with van der Waals surface area (Å²) in [5, 5.41) is 12.0. The molecule has 14 heteroatoms. The lowest BCUT2D eigenvalue weighted by atomic mass is 9.77. The van der Waals surface area contributed by atoms with Crippen molar-refractivity contribution in [2.75, 3.05) is 86.7 Å². The highest BCUT2D eigenvalue weighted by atomic mass is 35.5. The summed E-state index contributed by atoms with van der Waals surface area (Å²) in [6, 6.07) is 20.3. The number of anilines is 3. The second kappa shape index (κ2) is 14.7. The molecule has 1 atom stereocenters. The maximum Gasteiger partial charge on any atom is 0.262 e. The first-order chi connectivity index (χ1) is 27.9. The van der Waals surface area contributed by atoms with E-state index in [0.717, 1.165) is 106 Å². The number of nitrogens with one attached hydrogen (secondary N) is 1. The number of nitriles is 1. The third-order valence-electron chi connectivity index (χ3n) is 13.4. The van der Waals surface area contributed by atoms with E-state index in [0.29, 0.717) is 29.2 Å². The maximum atomic E-state index is 13.6. The topological polar surface area (TPSA) is 141 Å². The van der Waals surface area contributed by atoms with E-state index in [1.54, 1.807) is 12.1 Å². The number of rotatable bonds is 7. The van der Waals surface area contributed by atoms with Gasteiger partial charge in [0.2, 0.25) is 11.8 Å². The quantitative estimate of drug-likeness (QED) is 0.342. The monoisotopic (exact) mass is 802 g/mol. The molecule has 0 saturated carbocycles. The molecule has 0 bridgehead atoms. The predicted octanol–water partition coefficient (Wildman–Crippen LogP) is 4.39. The summed E-state index contributed by atoms with van der Waals surface area (Å²) in [4.78, 5) is 76.5. The Bertz CT molecular complexity index is 2230. The highest BCUT2D eigenvalue weighted by molar-refractivity contribution is 6.32. The number of benzene rings is 3. The number of imide groups is 2. The van der Waals surface area contributed by atoms with Crippen LogP contribution in [0.4, 0.5) is 17.1 Å². The van der Waals surface area contributed by atoms with Crippen LogP contribution >= 0.6 is 11.6 Å².